The van der Waals surface area contributed by atoms with E-state index in [2.05, 4.69) is 17.6 Å². The van der Waals surface area contributed by atoms with Crippen molar-refractivity contribution in [1.82, 2.24) is 10.6 Å². The van der Waals surface area contributed by atoms with Crippen LogP contribution < -0.4 is 10.6 Å². The second kappa shape index (κ2) is 6.12. The van der Waals surface area contributed by atoms with Crippen LogP contribution in [0.15, 0.2) is 0 Å². The standard InChI is InChI=1S/C15H26N2O3/c1-3-11-4-7-15(8-5-11,14(19)20)17-13(18)12-6-9-16-10(12)2/h10-12,16H,3-9H2,1-2H3,(H,17,18)(H,19,20). The third-order valence-electron chi connectivity index (χ3n) is 5.17. The fourth-order valence-electron chi connectivity index (χ4n) is 3.52. The van der Waals surface area contributed by atoms with E-state index in [1.807, 2.05) is 6.92 Å². The summed E-state index contributed by atoms with van der Waals surface area (Å²) in [5.74, 6) is -0.472. The van der Waals surface area contributed by atoms with E-state index >= 15 is 0 Å². The molecule has 2 fully saturated rings. The minimum Gasteiger partial charge on any atom is -0.480 e. The van der Waals surface area contributed by atoms with Gasteiger partial charge in [-0.05, 0) is 51.5 Å². The van der Waals surface area contributed by atoms with Crippen molar-refractivity contribution in [2.75, 3.05) is 6.54 Å². The lowest BCUT2D eigenvalue weighted by atomic mass is 9.75. The molecule has 1 heterocycles. The molecule has 2 aliphatic rings. The number of carbonyl (C=O) groups is 2. The van der Waals surface area contributed by atoms with Crippen LogP contribution in [-0.4, -0.2) is 35.1 Å². The first-order valence-corrected chi connectivity index (χ1v) is 7.77. The molecule has 1 aliphatic carbocycles. The number of hydrogen-bond donors (Lipinski definition) is 3. The summed E-state index contributed by atoms with van der Waals surface area (Å²) in [5, 5.41) is 15.7. The van der Waals surface area contributed by atoms with Crippen molar-refractivity contribution in [1.29, 1.82) is 0 Å². The number of rotatable bonds is 4. The van der Waals surface area contributed by atoms with Gasteiger partial charge in [0.15, 0.2) is 0 Å². The molecule has 1 aliphatic heterocycles. The number of aliphatic carboxylic acids is 1. The van der Waals surface area contributed by atoms with E-state index in [9.17, 15) is 14.7 Å². The normalized spacial score (nSPS) is 37.6. The SMILES string of the molecule is CCC1CCC(NC(=O)C2CCNC2C)(C(=O)O)CC1. The van der Waals surface area contributed by atoms with E-state index in [1.54, 1.807) is 0 Å². The molecule has 114 valence electrons. The molecule has 0 bridgehead atoms. The van der Waals surface area contributed by atoms with Gasteiger partial charge in [-0.25, -0.2) is 4.79 Å². The average molecular weight is 282 g/mol. The lowest BCUT2D eigenvalue weighted by Gasteiger charge is -2.38. The molecule has 2 rings (SSSR count). The van der Waals surface area contributed by atoms with Gasteiger partial charge in [-0.1, -0.05) is 13.3 Å². The Morgan fingerprint density at radius 1 is 1.30 bits per heavy atom. The number of amides is 1. The topological polar surface area (TPSA) is 78.4 Å². The highest BCUT2D eigenvalue weighted by Gasteiger charge is 2.44. The highest BCUT2D eigenvalue weighted by molar-refractivity contribution is 5.88. The quantitative estimate of drug-likeness (QED) is 0.730. The van der Waals surface area contributed by atoms with Gasteiger partial charge < -0.3 is 15.7 Å². The fraction of sp³-hybridized carbons (Fsp3) is 0.867. The van der Waals surface area contributed by atoms with Gasteiger partial charge in [0.25, 0.3) is 0 Å². The van der Waals surface area contributed by atoms with Crippen LogP contribution in [0, 0.1) is 11.8 Å². The molecule has 0 aromatic rings. The maximum Gasteiger partial charge on any atom is 0.329 e. The van der Waals surface area contributed by atoms with Gasteiger partial charge in [0.05, 0.1) is 5.92 Å². The zero-order valence-corrected chi connectivity index (χ0v) is 12.4. The smallest absolute Gasteiger partial charge is 0.329 e. The Kier molecular flexibility index (Phi) is 4.68. The summed E-state index contributed by atoms with van der Waals surface area (Å²) in [6.07, 6.45) is 4.78. The Bertz CT molecular complexity index is 375. The van der Waals surface area contributed by atoms with E-state index < -0.39 is 11.5 Å². The van der Waals surface area contributed by atoms with Gasteiger partial charge in [-0.2, -0.15) is 0 Å². The van der Waals surface area contributed by atoms with Crippen molar-refractivity contribution < 1.29 is 14.7 Å². The number of nitrogens with one attached hydrogen (secondary N) is 2. The monoisotopic (exact) mass is 282 g/mol. The summed E-state index contributed by atoms with van der Waals surface area (Å²) in [7, 11) is 0. The Balaban J connectivity index is 2.03. The van der Waals surface area contributed by atoms with Gasteiger partial charge in [0.2, 0.25) is 5.91 Å². The zero-order valence-electron chi connectivity index (χ0n) is 12.4. The first-order valence-electron chi connectivity index (χ1n) is 7.77. The van der Waals surface area contributed by atoms with Crippen molar-refractivity contribution in [2.24, 2.45) is 11.8 Å². The summed E-state index contributed by atoms with van der Waals surface area (Å²) >= 11 is 0. The molecule has 0 aromatic heterocycles. The molecule has 3 N–H and O–H groups in total. The van der Waals surface area contributed by atoms with Crippen LogP contribution in [0.3, 0.4) is 0 Å². The summed E-state index contributed by atoms with van der Waals surface area (Å²) in [6, 6.07) is 0.132. The van der Waals surface area contributed by atoms with Crippen LogP contribution in [0.4, 0.5) is 0 Å². The Morgan fingerprint density at radius 2 is 1.95 bits per heavy atom. The summed E-state index contributed by atoms with van der Waals surface area (Å²) in [6.45, 7) is 4.96. The maximum absolute atomic E-state index is 12.4. The molecule has 0 aromatic carbocycles. The largest absolute Gasteiger partial charge is 0.480 e. The van der Waals surface area contributed by atoms with E-state index in [0.29, 0.717) is 18.8 Å². The highest BCUT2D eigenvalue weighted by Crippen LogP contribution is 2.34. The molecule has 1 saturated carbocycles. The molecule has 20 heavy (non-hydrogen) atoms. The average Bonchev–Trinajstić information content (AvgIpc) is 2.85. The predicted molar refractivity (Wildman–Crippen MR) is 76.3 cm³/mol. The maximum atomic E-state index is 12.4. The number of carboxylic acids is 1. The van der Waals surface area contributed by atoms with Gasteiger partial charge in [0.1, 0.15) is 5.54 Å². The van der Waals surface area contributed by atoms with E-state index in [0.717, 1.165) is 32.2 Å². The second-order valence-corrected chi connectivity index (χ2v) is 6.37. The predicted octanol–water partition coefficient (Wildman–Crippen LogP) is 1.52. The summed E-state index contributed by atoms with van der Waals surface area (Å²) in [4.78, 5) is 24.0. The lowest BCUT2D eigenvalue weighted by molar-refractivity contribution is -0.150. The third-order valence-corrected chi connectivity index (χ3v) is 5.17. The number of carbonyl (C=O) groups excluding carboxylic acids is 1. The van der Waals surface area contributed by atoms with Crippen LogP contribution in [0.5, 0.6) is 0 Å². The summed E-state index contributed by atoms with van der Waals surface area (Å²) in [5.41, 5.74) is -1.04. The van der Waals surface area contributed by atoms with Gasteiger partial charge in [-0.15, -0.1) is 0 Å². The summed E-state index contributed by atoms with van der Waals surface area (Å²) < 4.78 is 0. The fourth-order valence-corrected chi connectivity index (χ4v) is 3.52. The third kappa shape index (κ3) is 2.97. The van der Waals surface area contributed by atoms with Crippen LogP contribution in [-0.2, 0) is 9.59 Å². The molecular formula is C15H26N2O3. The van der Waals surface area contributed by atoms with Gasteiger partial charge >= 0.3 is 5.97 Å². The zero-order chi connectivity index (χ0) is 14.8. The number of carboxylic acid groups (broad SMARTS) is 1. The van der Waals surface area contributed by atoms with Crippen molar-refractivity contribution >= 4 is 11.9 Å². The van der Waals surface area contributed by atoms with E-state index in [-0.39, 0.29) is 17.9 Å². The van der Waals surface area contributed by atoms with Crippen molar-refractivity contribution in [2.45, 2.75) is 64.0 Å². The molecule has 1 amide bonds. The molecule has 0 radical (unpaired) electrons. The van der Waals surface area contributed by atoms with Crippen LogP contribution in [0.2, 0.25) is 0 Å². The van der Waals surface area contributed by atoms with Crippen molar-refractivity contribution in [3.8, 4) is 0 Å². The molecule has 1 saturated heterocycles. The van der Waals surface area contributed by atoms with Crippen molar-refractivity contribution in [3.63, 3.8) is 0 Å². The molecule has 0 spiro atoms. The lowest BCUT2D eigenvalue weighted by Crippen LogP contribution is -2.58. The van der Waals surface area contributed by atoms with Gasteiger partial charge in [-0.3, -0.25) is 4.79 Å². The molecular weight excluding hydrogens is 256 g/mol. The number of hydrogen-bond acceptors (Lipinski definition) is 3. The molecule has 2 atom stereocenters. The van der Waals surface area contributed by atoms with E-state index in [4.69, 9.17) is 0 Å². The highest BCUT2D eigenvalue weighted by atomic mass is 16.4. The molecule has 5 heteroatoms. The first-order chi connectivity index (χ1) is 9.48. The van der Waals surface area contributed by atoms with Crippen molar-refractivity contribution in [3.05, 3.63) is 0 Å². The minimum absolute atomic E-state index is 0.0974. The van der Waals surface area contributed by atoms with Gasteiger partial charge in [0, 0.05) is 6.04 Å². The molecule has 2 unspecified atom stereocenters. The Morgan fingerprint density at radius 3 is 2.40 bits per heavy atom. The van der Waals surface area contributed by atoms with Crippen LogP contribution in [0.25, 0.3) is 0 Å². The van der Waals surface area contributed by atoms with E-state index in [1.165, 1.54) is 0 Å². The second-order valence-electron chi connectivity index (χ2n) is 6.37. The van der Waals surface area contributed by atoms with Crippen LogP contribution >= 0.6 is 0 Å². The van der Waals surface area contributed by atoms with Crippen LogP contribution in [0.1, 0.15) is 52.4 Å². The first kappa shape index (κ1) is 15.3. The Hall–Kier alpha value is -1.10. The minimum atomic E-state index is -1.04. The Labute approximate surface area is 120 Å². The molecule has 5 nitrogen and oxygen atoms in total.